The first-order valence-corrected chi connectivity index (χ1v) is 15.8. The van der Waals surface area contributed by atoms with E-state index in [1.54, 1.807) is 0 Å². The van der Waals surface area contributed by atoms with Crippen LogP contribution in [0, 0.1) is 0 Å². The molecule has 4 aromatic rings. The van der Waals surface area contributed by atoms with Gasteiger partial charge in [-0.3, -0.25) is 4.79 Å². The van der Waals surface area contributed by atoms with Gasteiger partial charge in [0.15, 0.2) is 0 Å². The molecule has 0 amide bonds. The Labute approximate surface area is 236 Å². The highest BCUT2D eigenvalue weighted by atomic mass is 32.2. The van der Waals surface area contributed by atoms with Crippen molar-refractivity contribution in [3.05, 3.63) is 36.4 Å². The van der Waals surface area contributed by atoms with Crippen LogP contribution in [0.4, 0.5) is 0 Å². The molecule has 0 spiro atoms. The SMILES string of the molecule is NC(CO)CCCNS(=O)(=O)c1cc(S(=O)(=O)NCCCC(N)C(=O)O)c2ccc3c(O)cc(O)c4ccc1c2c43. The summed E-state index contributed by atoms with van der Waals surface area (Å²) in [5.74, 6) is -1.76. The second-order valence-electron chi connectivity index (χ2n) is 9.83. The lowest BCUT2D eigenvalue weighted by molar-refractivity contribution is -0.138. The summed E-state index contributed by atoms with van der Waals surface area (Å²) in [7, 11) is -8.64. The molecule has 4 aromatic carbocycles. The van der Waals surface area contributed by atoms with Gasteiger partial charge in [0.05, 0.1) is 16.4 Å². The predicted octanol–water partition coefficient (Wildman–Crippen LogP) is 0.844. The molecule has 0 aliphatic carbocycles. The third-order valence-electron chi connectivity index (χ3n) is 6.94. The zero-order chi connectivity index (χ0) is 30.1. The van der Waals surface area contributed by atoms with Crippen LogP contribution in [0.25, 0.3) is 32.3 Å². The van der Waals surface area contributed by atoms with Gasteiger partial charge in [-0.1, -0.05) is 12.1 Å². The zero-order valence-electron chi connectivity index (χ0n) is 21.9. The number of nitrogens with two attached hydrogens (primary N) is 2. The number of carboxylic acid groups (broad SMARTS) is 1. The number of sulfonamides is 2. The van der Waals surface area contributed by atoms with Gasteiger partial charge in [-0.25, -0.2) is 26.3 Å². The Morgan fingerprint density at radius 1 is 0.756 bits per heavy atom. The average molecular weight is 609 g/mol. The number of rotatable bonds is 14. The van der Waals surface area contributed by atoms with E-state index in [4.69, 9.17) is 21.7 Å². The van der Waals surface area contributed by atoms with Gasteiger partial charge in [0.1, 0.15) is 17.5 Å². The topological polar surface area (TPSA) is 242 Å². The minimum atomic E-state index is -4.35. The number of benzene rings is 4. The summed E-state index contributed by atoms with van der Waals surface area (Å²) >= 11 is 0. The highest BCUT2D eigenvalue weighted by Gasteiger charge is 2.28. The van der Waals surface area contributed by atoms with E-state index in [1.807, 2.05) is 0 Å². The fraction of sp³-hybridized carbons (Fsp3) is 0.346. The minimum absolute atomic E-state index is 0.0123. The molecule has 10 N–H and O–H groups in total. The molecule has 0 saturated heterocycles. The molecule has 0 radical (unpaired) electrons. The predicted molar refractivity (Wildman–Crippen MR) is 153 cm³/mol. The molecule has 0 fully saturated rings. The van der Waals surface area contributed by atoms with Crippen molar-refractivity contribution < 1.29 is 42.1 Å². The molecule has 0 aliphatic rings. The first kappa shape index (κ1) is 30.6. The van der Waals surface area contributed by atoms with Crippen molar-refractivity contribution in [2.24, 2.45) is 11.5 Å². The number of carbonyl (C=O) groups is 1. The molecule has 222 valence electrons. The Morgan fingerprint density at radius 2 is 1.20 bits per heavy atom. The van der Waals surface area contributed by atoms with Crippen LogP contribution in [-0.4, -0.2) is 75.0 Å². The number of nitrogens with one attached hydrogen (secondary N) is 2. The molecule has 2 atom stereocenters. The Kier molecular flexibility index (Phi) is 8.89. The normalized spacial score (nSPS) is 14.2. The van der Waals surface area contributed by atoms with Crippen molar-refractivity contribution in [3.63, 3.8) is 0 Å². The Hall–Kier alpha value is -3.31. The zero-order valence-corrected chi connectivity index (χ0v) is 23.5. The molecular weight excluding hydrogens is 576 g/mol. The van der Waals surface area contributed by atoms with Crippen molar-refractivity contribution in [2.75, 3.05) is 19.7 Å². The molecular formula is C26H32N4O9S2. The Morgan fingerprint density at radius 3 is 1.66 bits per heavy atom. The number of phenols is 2. The van der Waals surface area contributed by atoms with E-state index in [0.29, 0.717) is 12.8 Å². The molecule has 13 nitrogen and oxygen atoms in total. The van der Waals surface area contributed by atoms with Gasteiger partial charge in [0, 0.05) is 57.5 Å². The van der Waals surface area contributed by atoms with Gasteiger partial charge in [0.25, 0.3) is 0 Å². The number of hydrogen-bond acceptors (Lipinski definition) is 10. The molecule has 0 saturated carbocycles. The Bertz CT molecular complexity index is 1790. The average Bonchev–Trinajstić information content (AvgIpc) is 2.92. The van der Waals surface area contributed by atoms with Crippen LogP contribution in [0.3, 0.4) is 0 Å². The van der Waals surface area contributed by atoms with Gasteiger partial charge < -0.3 is 31.9 Å². The molecule has 2 unspecified atom stereocenters. The monoisotopic (exact) mass is 608 g/mol. The third-order valence-corrected chi connectivity index (χ3v) is 9.94. The summed E-state index contributed by atoms with van der Waals surface area (Å²) in [5.41, 5.74) is 11.2. The molecule has 0 aromatic heterocycles. The second kappa shape index (κ2) is 11.9. The summed E-state index contributed by atoms with van der Waals surface area (Å²) in [6.07, 6.45) is 0.798. The summed E-state index contributed by atoms with van der Waals surface area (Å²) in [6.45, 7) is -0.431. The van der Waals surface area contributed by atoms with Gasteiger partial charge in [-0.2, -0.15) is 0 Å². The molecule has 4 rings (SSSR count). The van der Waals surface area contributed by atoms with Crippen LogP contribution < -0.4 is 20.9 Å². The maximum absolute atomic E-state index is 13.5. The van der Waals surface area contributed by atoms with Crippen molar-refractivity contribution in [3.8, 4) is 11.5 Å². The number of hydrogen-bond donors (Lipinski definition) is 8. The van der Waals surface area contributed by atoms with Crippen molar-refractivity contribution in [1.29, 1.82) is 0 Å². The van der Waals surface area contributed by atoms with E-state index < -0.39 is 38.1 Å². The number of carboxylic acids is 1. The van der Waals surface area contributed by atoms with E-state index >= 15 is 0 Å². The van der Waals surface area contributed by atoms with Crippen LogP contribution in [0.1, 0.15) is 25.7 Å². The second-order valence-corrected chi connectivity index (χ2v) is 13.3. The summed E-state index contributed by atoms with van der Waals surface area (Å²) < 4.78 is 59.0. The first-order valence-electron chi connectivity index (χ1n) is 12.8. The molecule has 0 heterocycles. The highest BCUT2D eigenvalue weighted by molar-refractivity contribution is 7.90. The van der Waals surface area contributed by atoms with E-state index in [2.05, 4.69) is 9.44 Å². The minimum Gasteiger partial charge on any atom is -0.507 e. The van der Waals surface area contributed by atoms with Crippen LogP contribution in [-0.2, 0) is 24.8 Å². The first-order chi connectivity index (χ1) is 19.3. The smallest absolute Gasteiger partial charge is 0.320 e. The van der Waals surface area contributed by atoms with Crippen LogP contribution in [0.2, 0.25) is 0 Å². The van der Waals surface area contributed by atoms with E-state index in [1.165, 1.54) is 24.3 Å². The number of aromatic hydroxyl groups is 2. The standard InChI is InChI=1S/C26H32N4O9S2/c27-14(13-31)3-1-9-29-40(36,37)22-12-23(41(38,39)30-10-2-4-19(28)26(34)35)18-8-6-16-21(33)11-20(32)15-5-7-17(22)25(18)24(15)16/h5-8,11-12,14,19,29-33H,1-4,9-10,13,27-28H2,(H,34,35). The van der Waals surface area contributed by atoms with Gasteiger partial charge in [-0.15, -0.1) is 0 Å². The number of aliphatic hydroxyl groups is 1. The van der Waals surface area contributed by atoms with E-state index in [9.17, 15) is 31.8 Å². The van der Waals surface area contributed by atoms with Gasteiger partial charge in [0.2, 0.25) is 20.0 Å². The fourth-order valence-electron chi connectivity index (χ4n) is 4.81. The molecule has 41 heavy (non-hydrogen) atoms. The molecule has 0 bridgehead atoms. The highest BCUT2D eigenvalue weighted by Crippen LogP contribution is 2.45. The van der Waals surface area contributed by atoms with Crippen molar-refractivity contribution in [2.45, 2.75) is 47.6 Å². The quantitative estimate of drug-likeness (QED) is 0.0736. The number of aliphatic hydroxyl groups excluding tert-OH is 1. The summed E-state index contributed by atoms with van der Waals surface area (Å²) in [5, 5.41) is 40.5. The summed E-state index contributed by atoms with van der Waals surface area (Å²) in [4.78, 5) is 10.3. The van der Waals surface area contributed by atoms with Crippen LogP contribution in [0.15, 0.2) is 46.2 Å². The van der Waals surface area contributed by atoms with Crippen molar-refractivity contribution in [1.82, 2.24) is 9.44 Å². The van der Waals surface area contributed by atoms with Gasteiger partial charge in [-0.05, 0) is 43.9 Å². The maximum atomic E-state index is 13.5. The molecule has 15 heteroatoms. The fourth-order valence-corrected chi connectivity index (χ4v) is 7.48. The lowest BCUT2D eigenvalue weighted by Crippen LogP contribution is -2.32. The lowest BCUT2D eigenvalue weighted by Gasteiger charge is -2.19. The Balaban J connectivity index is 1.86. The number of phenolic OH excluding ortho intramolecular Hbond substituents is 2. The van der Waals surface area contributed by atoms with Gasteiger partial charge >= 0.3 is 5.97 Å². The largest absolute Gasteiger partial charge is 0.507 e. The lowest BCUT2D eigenvalue weighted by atomic mass is 9.93. The van der Waals surface area contributed by atoms with Crippen LogP contribution >= 0.6 is 0 Å². The van der Waals surface area contributed by atoms with E-state index in [-0.39, 0.29) is 86.1 Å². The van der Waals surface area contributed by atoms with E-state index in [0.717, 1.165) is 12.1 Å². The van der Waals surface area contributed by atoms with Crippen LogP contribution in [0.5, 0.6) is 11.5 Å². The third kappa shape index (κ3) is 6.16. The number of aliphatic carboxylic acids is 1. The van der Waals surface area contributed by atoms with Crippen molar-refractivity contribution >= 4 is 58.3 Å². The summed E-state index contributed by atoms with van der Waals surface area (Å²) in [6, 6.07) is 6.43. The maximum Gasteiger partial charge on any atom is 0.320 e. The molecule has 0 aliphatic heterocycles.